The molecule has 1 aliphatic rings. The van der Waals surface area contributed by atoms with Crippen LogP contribution in [-0.4, -0.2) is 43.2 Å². The lowest BCUT2D eigenvalue weighted by Gasteiger charge is -2.14. The van der Waals surface area contributed by atoms with E-state index in [0.29, 0.717) is 17.9 Å². The summed E-state index contributed by atoms with van der Waals surface area (Å²) in [6, 6.07) is 14.9. The zero-order valence-corrected chi connectivity index (χ0v) is 16.6. The van der Waals surface area contributed by atoms with Crippen LogP contribution in [0, 0.1) is 0 Å². The van der Waals surface area contributed by atoms with E-state index in [-0.39, 0.29) is 11.7 Å². The number of amides is 2. The second-order valence-electron chi connectivity index (χ2n) is 6.83. The van der Waals surface area contributed by atoms with Gasteiger partial charge in [0.25, 0.3) is 11.8 Å². The van der Waals surface area contributed by atoms with Crippen molar-refractivity contribution < 1.29 is 28.6 Å². The van der Waals surface area contributed by atoms with Crippen LogP contribution in [0.25, 0.3) is 0 Å². The van der Waals surface area contributed by atoms with E-state index in [1.54, 1.807) is 54.6 Å². The smallest absolute Gasteiger partial charge is 0.338 e. The molecule has 2 aromatic carbocycles. The van der Waals surface area contributed by atoms with Gasteiger partial charge in [0.15, 0.2) is 6.10 Å². The molecule has 0 unspecified atom stereocenters. The summed E-state index contributed by atoms with van der Waals surface area (Å²) in [6.07, 6.45) is 1.04. The molecule has 158 valence electrons. The molecule has 2 atom stereocenters. The number of hydrazine groups is 1. The van der Waals surface area contributed by atoms with E-state index < -0.39 is 23.9 Å². The first-order valence-corrected chi connectivity index (χ1v) is 9.73. The zero-order valence-electron chi connectivity index (χ0n) is 16.6. The molecular formula is C22H24N2O6. The van der Waals surface area contributed by atoms with Gasteiger partial charge in [-0.15, -0.1) is 0 Å². The van der Waals surface area contributed by atoms with Crippen LogP contribution in [-0.2, 0) is 14.3 Å². The SMILES string of the molecule is C[C@H](OC(=O)c1ccc(OC[C@@H]2CCCO2)cc1)C(=O)NNC(=O)c1ccccc1. The van der Waals surface area contributed by atoms with Crippen LogP contribution in [0.1, 0.15) is 40.5 Å². The van der Waals surface area contributed by atoms with E-state index in [0.717, 1.165) is 19.4 Å². The maximum Gasteiger partial charge on any atom is 0.338 e. The maximum atomic E-state index is 12.2. The molecule has 8 heteroatoms. The molecule has 0 radical (unpaired) electrons. The lowest BCUT2D eigenvalue weighted by atomic mass is 10.2. The highest BCUT2D eigenvalue weighted by atomic mass is 16.5. The second-order valence-corrected chi connectivity index (χ2v) is 6.83. The van der Waals surface area contributed by atoms with Crippen LogP contribution in [0.3, 0.4) is 0 Å². The van der Waals surface area contributed by atoms with Crippen molar-refractivity contribution in [1.82, 2.24) is 10.9 Å². The standard InChI is InChI=1S/C22H24N2O6/c1-15(20(25)23-24-21(26)16-6-3-2-4-7-16)30-22(27)17-9-11-18(12-10-17)29-14-19-8-5-13-28-19/h2-4,6-7,9-12,15,19H,5,8,13-14H2,1H3,(H,23,25)(H,24,26)/t15-,19-/m0/s1. The lowest BCUT2D eigenvalue weighted by Crippen LogP contribution is -2.46. The van der Waals surface area contributed by atoms with Gasteiger partial charge in [0.1, 0.15) is 12.4 Å². The van der Waals surface area contributed by atoms with Crippen molar-refractivity contribution in [3.8, 4) is 5.75 Å². The Bertz CT molecular complexity index is 863. The lowest BCUT2D eigenvalue weighted by molar-refractivity contribution is -0.129. The number of ether oxygens (including phenoxy) is 3. The van der Waals surface area contributed by atoms with Gasteiger partial charge in [0.2, 0.25) is 0 Å². The van der Waals surface area contributed by atoms with Crippen molar-refractivity contribution >= 4 is 17.8 Å². The number of nitrogens with one attached hydrogen (secondary N) is 2. The summed E-state index contributed by atoms with van der Waals surface area (Å²) < 4.78 is 16.3. The summed E-state index contributed by atoms with van der Waals surface area (Å²) in [5, 5.41) is 0. The van der Waals surface area contributed by atoms with Crippen molar-refractivity contribution in [2.75, 3.05) is 13.2 Å². The highest BCUT2D eigenvalue weighted by molar-refractivity contribution is 5.96. The van der Waals surface area contributed by atoms with Crippen molar-refractivity contribution in [3.05, 3.63) is 65.7 Å². The van der Waals surface area contributed by atoms with Crippen LogP contribution in [0.4, 0.5) is 0 Å². The van der Waals surface area contributed by atoms with Gasteiger partial charge in [-0.2, -0.15) is 0 Å². The summed E-state index contributed by atoms with van der Waals surface area (Å²) >= 11 is 0. The molecule has 8 nitrogen and oxygen atoms in total. The largest absolute Gasteiger partial charge is 0.491 e. The fourth-order valence-electron chi connectivity index (χ4n) is 2.82. The molecule has 2 N–H and O–H groups in total. The van der Waals surface area contributed by atoms with Gasteiger partial charge in [-0.05, 0) is 56.2 Å². The fourth-order valence-corrected chi connectivity index (χ4v) is 2.82. The number of hydrogen-bond acceptors (Lipinski definition) is 6. The molecule has 1 saturated heterocycles. The van der Waals surface area contributed by atoms with Crippen LogP contribution >= 0.6 is 0 Å². The highest BCUT2D eigenvalue weighted by Gasteiger charge is 2.20. The minimum atomic E-state index is -1.09. The Kier molecular flexibility index (Phi) is 7.40. The van der Waals surface area contributed by atoms with Gasteiger partial charge >= 0.3 is 5.97 Å². The number of rotatable bonds is 7. The third kappa shape index (κ3) is 6.05. The number of carbonyl (C=O) groups is 3. The zero-order chi connectivity index (χ0) is 21.3. The Morgan fingerprint density at radius 1 is 1.03 bits per heavy atom. The van der Waals surface area contributed by atoms with Crippen molar-refractivity contribution in [1.29, 1.82) is 0 Å². The number of carbonyl (C=O) groups excluding carboxylic acids is 3. The molecule has 0 bridgehead atoms. The molecule has 3 rings (SSSR count). The first-order valence-electron chi connectivity index (χ1n) is 9.73. The summed E-state index contributed by atoms with van der Waals surface area (Å²) in [5.41, 5.74) is 5.20. The second kappa shape index (κ2) is 10.4. The number of hydrogen-bond donors (Lipinski definition) is 2. The van der Waals surface area contributed by atoms with Gasteiger partial charge < -0.3 is 14.2 Å². The molecule has 0 aromatic heterocycles. The van der Waals surface area contributed by atoms with Crippen molar-refractivity contribution in [3.63, 3.8) is 0 Å². The van der Waals surface area contributed by atoms with E-state index in [4.69, 9.17) is 14.2 Å². The normalized spacial score (nSPS) is 16.4. The molecular weight excluding hydrogens is 388 g/mol. The summed E-state index contributed by atoms with van der Waals surface area (Å²) in [6.45, 7) is 2.65. The van der Waals surface area contributed by atoms with E-state index in [1.165, 1.54) is 6.92 Å². The average molecular weight is 412 g/mol. The van der Waals surface area contributed by atoms with Gasteiger partial charge in [0.05, 0.1) is 11.7 Å². The van der Waals surface area contributed by atoms with Crippen LogP contribution in [0.5, 0.6) is 5.75 Å². The summed E-state index contributed by atoms with van der Waals surface area (Å²) in [5.74, 6) is -1.15. The monoisotopic (exact) mass is 412 g/mol. The van der Waals surface area contributed by atoms with E-state index in [2.05, 4.69) is 10.9 Å². The Balaban J connectivity index is 1.43. The van der Waals surface area contributed by atoms with E-state index in [9.17, 15) is 14.4 Å². The fraction of sp³-hybridized carbons (Fsp3) is 0.318. The van der Waals surface area contributed by atoms with Gasteiger partial charge in [-0.1, -0.05) is 18.2 Å². The Labute approximate surface area is 174 Å². The topological polar surface area (TPSA) is 103 Å². The molecule has 2 aromatic rings. The van der Waals surface area contributed by atoms with Crippen LogP contribution < -0.4 is 15.6 Å². The average Bonchev–Trinajstić information content (AvgIpc) is 3.30. The molecule has 0 spiro atoms. The van der Waals surface area contributed by atoms with Crippen LogP contribution in [0.2, 0.25) is 0 Å². The molecule has 1 aliphatic heterocycles. The van der Waals surface area contributed by atoms with Crippen molar-refractivity contribution in [2.45, 2.75) is 32.0 Å². The third-order valence-electron chi connectivity index (χ3n) is 4.54. The first-order chi connectivity index (χ1) is 14.5. The van der Waals surface area contributed by atoms with Crippen LogP contribution in [0.15, 0.2) is 54.6 Å². The first kappa shape index (κ1) is 21.3. The molecule has 1 fully saturated rings. The van der Waals surface area contributed by atoms with E-state index >= 15 is 0 Å². The molecule has 0 aliphatic carbocycles. The predicted octanol–water partition coefficient (Wildman–Crippen LogP) is 2.25. The summed E-state index contributed by atoms with van der Waals surface area (Å²) in [7, 11) is 0. The quantitative estimate of drug-likeness (QED) is 0.534. The minimum absolute atomic E-state index is 0.108. The molecule has 2 amide bonds. The van der Waals surface area contributed by atoms with Gasteiger partial charge in [-0.3, -0.25) is 20.4 Å². The number of benzene rings is 2. The highest BCUT2D eigenvalue weighted by Crippen LogP contribution is 2.17. The minimum Gasteiger partial charge on any atom is -0.491 e. The van der Waals surface area contributed by atoms with E-state index in [1.807, 2.05) is 0 Å². The molecule has 30 heavy (non-hydrogen) atoms. The van der Waals surface area contributed by atoms with Crippen molar-refractivity contribution in [2.24, 2.45) is 0 Å². The molecule has 1 heterocycles. The Hall–Kier alpha value is -3.39. The van der Waals surface area contributed by atoms with Gasteiger partial charge in [0, 0.05) is 12.2 Å². The summed E-state index contributed by atoms with van der Waals surface area (Å²) in [4.78, 5) is 36.3. The maximum absolute atomic E-state index is 12.2. The molecule has 0 saturated carbocycles. The third-order valence-corrected chi connectivity index (χ3v) is 4.54. The Morgan fingerprint density at radius 2 is 1.77 bits per heavy atom. The van der Waals surface area contributed by atoms with Gasteiger partial charge in [-0.25, -0.2) is 4.79 Å². The number of esters is 1. The predicted molar refractivity (Wildman–Crippen MR) is 108 cm³/mol. The Morgan fingerprint density at radius 3 is 2.43 bits per heavy atom.